The van der Waals surface area contributed by atoms with E-state index >= 15 is 0 Å². The molecule has 1 unspecified atom stereocenters. The van der Waals surface area contributed by atoms with Crippen molar-refractivity contribution in [1.29, 1.82) is 0 Å². The number of H-pyrrole nitrogens is 2. The van der Waals surface area contributed by atoms with E-state index in [0.29, 0.717) is 51.6 Å². The number of carbonyl (C=O) groups is 2. The van der Waals surface area contributed by atoms with Crippen LogP contribution in [0.5, 0.6) is 23.0 Å². The Bertz CT molecular complexity index is 1720. The minimum absolute atomic E-state index is 0.0265. The number of alkyl halides is 1. The molecule has 1 aliphatic heterocycles. The molecule has 11 heteroatoms. The lowest BCUT2D eigenvalue weighted by Gasteiger charge is -2.36. The fraction of sp³-hybridized carbons (Fsp3) is 0.419. The summed E-state index contributed by atoms with van der Waals surface area (Å²) in [6.45, 7) is 13.3. The molecular weight excluding hydrogens is 618 g/mol. The average molecular weight is 657 g/mol. The van der Waals surface area contributed by atoms with Crippen molar-refractivity contribution in [2.75, 3.05) is 38.1 Å². The molecule has 2 aromatic carbocycles. The molecule has 2 aromatic heterocycles. The zero-order valence-electron chi connectivity index (χ0n) is 25.6. The van der Waals surface area contributed by atoms with Crippen molar-refractivity contribution in [3.8, 4) is 23.0 Å². The number of aromatic amines is 2. The Kier molecular flexibility index (Phi) is 7.64. The van der Waals surface area contributed by atoms with Gasteiger partial charge in [-0.15, -0.1) is 0 Å². The van der Waals surface area contributed by atoms with Crippen LogP contribution in [0.4, 0.5) is 5.69 Å². The van der Waals surface area contributed by atoms with Crippen LogP contribution in [0.25, 0.3) is 21.8 Å². The van der Waals surface area contributed by atoms with Gasteiger partial charge in [0.25, 0.3) is 14.2 Å². The Morgan fingerprint density at radius 2 is 1.74 bits per heavy atom. The lowest BCUT2D eigenvalue weighted by molar-refractivity contribution is 0.0984. The smallest absolute Gasteiger partial charge is 0.274 e. The topological polar surface area (TPSA) is 106 Å². The number of hydrogen-bond donors (Lipinski definition) is 2. The van der Waals surface area contributed by atoms with Gasteiger partial charge in [0.2, 0.25) is 5.75 Å². The second kappa shape index (κ2) is 10.7. The van der Waals surface area contributed by atoms with E-state index in [2.05, 4.69) is 59.8 Å². The Morgan fingerprint density at radius 1 is 1.05 bits per heavy atom. The predicted octanol–water partition coefficient (Wildman–Crippen LogP) is 7.32. The number of methoxy groups -OCH3 is 3. The highest BCUT2D eigenvalue weighted by molar-refractivity contribution is 9.09. The molecule has 3 heterocycles. The van der Waals surface area contributed by atoms with Crippen molar-refractivity contribution >= 4 is 63.9 Å². The molecular formula is C31H38BrN3O6Si. The first-order chi connectivity index (χ1) is 19.8. The second-order valence-corrected chi connectivity index (χ2v) is 17.6. The number of aldehydes is 1. The van der Waals surface area contributed by atoms with Gasteiger partial charge in [-0.2, -0.15) is 0 Å². The van der Waals surface area contributed by atoms with Gasteiger partial charge >= 0.3 is 0 Å². The molecule has 2 N–H and O–H groups in total. The third kappa shape index (κ3) is 4.57. The maximum absolute atomic E-state index is 14.3. The number of amides is 1. The average Bonchev–Trinajstić information content (AvgIpc) is 3.63. The molecule has 0 saturated heterocycles. The summed E-state index contributed by atoms with van der Waals surface area (Å²) >= 11 is 3.68. The first-order valence-corrected chi connectivity index (χ1v) is 17.9. The zero-order chi connectivity index (χ0) is 30.7. The number of nitrogens with zero attached hydrogens (tertiary/aromatic N) is 1. The van der Waals surface area contributed by atoms with Gasteiger partial charge in [0.05, 0.1) is 38.1 Å². The number of hydrogen-bond acceptors (Lipinski definition) is 6. The molecule has 5 rings (SSSR count). The third-order valence-corrected chi connectivity index (χ3v) is 13.9. The third-order valence-electron chi connectivity index (χ3n) is 8.77. The molecule has 0 radical (unpaired) electrons. The van der Waals surface area contributed by atoms with Gasteiger partial charge in [-0.05, 0) is 42.8 Å². The zero-order valence-corrected chi connectivity index (χ0v) is 28.2. The monoisotopic (exact) mass is 655 g/mol. The number of halogens is 1. The summed E-state index contributed by atoms with van der Waals surface area (Å²) in [6, 6.07) is 5.58. The highest BCUT2D eigenvalue weighted by Crippen LogP contribution is 2.50. The summed E-state index contributed by atoms with van der Waals surface area (Å²) in [7, 11) is 2.39. The van der Waals surface area contributed by atoms with E-state index in [0.717, 1.165) is 39.5 Å². The molecule has 42 heavy (non-hydrogen) atoms. The van der Waals surface area contributed by atoms with Crippen LogP contribution >= 0.6 is 15.9 Å². The van der Waals surface area contributed by atoms with E-state index in [4.69, 9.17) is 18.6 Å². The first-order valence-electron chi connectivity index (χ1n) is 13.8. The fourth-order valence-electron chi connectivity index (χ4n) is 5.53. The minimum atomic E-state index is -2.27. The number of ether oxygens (including phenoxy) is 3. The highest BCUT2D eigenvalue weighted by atomic mass is 79.9. The van der Waals surface area contributed by atoms with Crippen LogP contribution in [0.15, 0.2) is 18.2 Å². The molecule has 0 fully saturated rings. The molecule has 9 nitrogen and oxygen atoms in total. The summed E-state index contributed by atoms with van der Waals surface area (Å²) in [5, 5.41) is 2.15. The van der Waals surface area contributed by atoms with Gasteiger partial charge in [-0.3, -0.25) is 9.59 Å². The summed E-state index contributed by atoms with van der Waals surface area (Å²) < 4.78 is 23.5. The van der Waals surface area contributed by atoms with E-state index < -0.39 is 8.32 Å². The number of aromatic nitrogens is 2. The number of rotatable bonds is 8. The van der Waals surface area contributed by atoms with Crippen molar-refractivity contribution in [2.24, 2.45) is 0 Å². The quantitative estimate of drug-likeness (QED) is 0.117. The first kappa shape index (κ1) is 30.0. The van der Waals surface area contributed by atoms with Crippen molar-refractivity contribution in [3.05, 3.63) is 40.7 Å². The van der Waals surface area contributed by atoms with E-state index in [-0.39, 0.29) is 16.9 Å². The molecule has 4 aromatic rings. The maximum atomic E-state index is 14.3. The lowest BCUT2D eigenvalue weighted by atomic mass is 9.96. The van der Waals surface area contributed by atoms with E-state index in [9.17, 15) is 9.59 Å². The van der Waals surface area contributed by atoms with E-state index in [1.807, 2.05) is 19.1 Å². The van der Waals surface area contributed by atoms with Gasteiger partial charge in [0.15, 0.2) is 17.8 Å². The molecule has 0 bridgehead atoms. The Labute approximate surface area is 255 Å². The van der Waals surface area contributed by atoms with Crippen LogP contribution in [0.2, 0.25) is 18.1 Å². The number of anilines is 1. The van der Waals surface area contributed by atoms with Crippen LogP contribution in [0.1, 0.15) is 58.8 Å². The largest absolute Gasteiger partial charge is 0.542 e. The van der Waals surface area contributed by atoms with Crippen molar-refractivity contribution in [3.63, 3.8) is 0 Å². The number of carbonyl (C=O) groups excluding carboxylic acids is 2. The van der Waals surface area contributed by atoms with Gasteiger partial charge in [-0.1, -0.05) is 36.7 Å². The van der Waals surface area contributed by atoms with E-state index in [1.165, 1.54) is 0 Å². The molecule has 0 aliphatic carbocycles. The molecule has 0 saturated carbocycles. The van der Waals surface area contributed by atoms with Crippen molar-refractivity contribution in [2.45, 2.75) is 51.7 Å². The second-order valence-electron chi connectivity index (χ2n) is 12.3. The van der Waals surface area contributed by atoms with Gasteiger partial charge in [0.1, 0.15) is 11.4 Å². The van der Waals surface area contributed by atoms with Crippen LogP contribution in [0, 0.1) is 6.92 Å². The van der Waals surface area contributed by atoms with Gasteiger partial charge in [-0.25, -0.2) is 0 Å². The summed E-state index contributed by atoms with van der Waals surface area (Å²) in [5.41, 5.74) is 4.90. The van der Waals surface area contributed by atoms with Crippen LogP contribution in [0.3, 0.4) is 0 Å². The minimum Gasteiger partial charge on any atom is -0.542 e. The molecule has 1 amide bonds. The van der Waals surface area contributed by atoms with E-state index in [1.54, 1.807) is 32.3 Å². The van der Waals surface area contributed by atoms with Gasteiger partial charge in [0, 0.05) is 45.9 Å². The predicted molar refractivity (Wildman–Crippen MR) is 172 cm³/mol. The Morgan fingerprint density at radius 3 is 2.31 bits per heavy atom. The number of fused-ring (bicyclic) bond motifs is 4. The maximum Gasteiger partial charge on any atom is 0.274 e. The molecule has 1 atom stereocenters. The van der Waals surface area contributed by atoms with Crippen molar-refractivity contribution in [1.82, 2.24) is 9.97 Å². The summed E-state index contributed by atoms with van der Waals surface area (Å²) in [4.78, 5) is 35.1. The molecule has 1 aliphatic rings. The number of nitrogens with one attached hydrogen (secondary N) is 2. The summed E-state index contributed by atoms with van der Waals surface area (Å²) in [5.74, 6) is 1.83. The van der Waals surface area contributed by atoms with Crippen molar-refractivity contribution < 1.29 is 28.2 Å². The fourth-order valence-corrected chi connectivity index (χ4v) is 7.08. The number of aryl methyl sites for hydroxylation is 1. The van der Waals surface area contributed by atoms with Gasteiger partial charge < -0.3 is 33.5 Å². The normalized spacial score (nSPS) is 15.3. The highest BCUT2D eigenvalue weighted by Gasteiger charge is 2.42. The Balaban J connectivity index is 1.71. The van der Waals surface area contributed by atoms with Crippen LogP contribution in [-0.2, 0) is 0 Å². The Hall–Kier alpha value is -3.44. The van der Waals surface area contributed by atoms with Crippen LogP contribution < -0.4 is 23.5 Å². The summed E-state index contributed by atoms with van der Waals surface area (Å²) in [6.07, 6.45) is 0.894. The SMILES string of the molecule is COc1cc2cc(C(=O)N3CC(CBr)c4c3cc(O[Si](C)(C)C(C)(C)C)c3[nH]c(C)c(C=O)c43)[nH]c2c(OC)c1OC. The number of benzene rings is 2. The van der Waals surface area contributed by atoms with Crippen LogP contribution in [-0.4, -0.2) is 63.7 Å². The molecule has 0 spiro atoms. The molecule has 224 valence electrons. The lowest BCUT2D eigenvalue weighted by Crippen LogP contribution is -2.44. The standard InChI is InChI=1S/C31H38BrN3O6Si/c1-16-19(15-36)25-24-18(13-32)14-35(21(24)12-22(27(25)33-16)41-42(8,9)31(2,3)4)30(37)20-10-17-11-23(38-5)28(39-6)29(40-7)26(17)34-20/h10-12,15,18,33-34H,13-14H2,1-9H3.